The normalized spacial score (nSPS) is 23.8. The van der Waals surface area contributed by atoms with Gasteiger partial charge in [-0.05, 0) is 29.7 Å². The minimum Gasteiger partial charge on any atom is -0.380 e. The summed E-state index contributed by atoms with van der Waals surface area (Å²) in [5.74, 6) is -0.334. The molecular weight excluding hydrogens is 340 g/mol. The Bertz CT molecular complexity index is 704. The summed E-state index contributed by atoms with van der Waals surface area (Å²) in [5.41, 5.74) is 2.13. The minimum atomic E-state index is -0.367. The highest BCUT2D eigenvalue weighted by atomic mass is 35.5. The molecule has 2 atom stereocenters. The van der Waals surface area contributed by atoms with Crippen LogP contribution < -0.4 is 0 Å². The minimum absolute atomic E-state index is 0.00375. The molecule has 1 fully saturated rings. The average Bonchev–Trinajstić information content (AvgIpc) is 2.90. The first kappa shape index (κ1) is 18.0. The van der Waals surface area contributed by atoms with Crippen molar-refractivity contribution in [1.29, 1.82) is 0 Å². The Hall–Kier alpha value is -1.85. The van der Waals surface area contributed by atoms with Gasteiger partial charge in [0.1, 0.15) is 0 Å². The Balaban J connectivity index is 1.80. The third-order valence-corrected chi connectivity index (χ3v) is 5.27. The van der Waals surface area contributed by atoms with Crippen molar-refractivity contribution in [3.05, 3.63) is 46.5 Å². The highest BCUT2D eigenvalue weighted by Gasteiger charge is 2.44. The van der Waals surface area contributed by atoms with Gasteiger partial charge in [0.25, 0.3) is 0 Å². The molecule has 6 heteroatoms. The number of carbonyl (C=O) groups is 2. The van der Waals surface area contributed by atoms with Gasteiger partial charge >= 0.3 is 0 Å². The number of rotatable bonds is 4. The molecule has 0 bridgehead atoms. The van der Waals surface area contributed by atoms with Crippen molar-refractivity contribution in [3.8, 4) is 0 Å². The lowest BCUT2D eigenvalue weighted by molar-refractivity contribution is -0.136. The van der Waals surface area contributed by atoms with E-state index in [9.17, 15) is 9.59 Å². The van der Waals surface area contributed by atoms with E-state index < -0.39 is 0 Å². The Morgan fingerprint density at radius 3 is 2.84 bits per heavy atom. The number of methoxy groups -OCH3 is 1. The predicted molar refractivity (Wildman–Crippen MR) is 96.2 cm³/mol. The Morgan fingerprint density at radius 2 is 2.20 bits per heavy atom. The van der Waals surface area contributed by atoms with E-state index >= 15 is 0 Å². The zero-order valence-corrected chi connectivity index (χ0v) is 15.3. The summed E-state index contributed by atoms with van der Waals surface area (Å²) < 4.78 is 5.16. The number of likely N-dealkylation sites (tertiary alicyclic amines) is 1. The van der Waals surface area contributed by atoms with Crippen molar-refractivity contribution in [2.24, 2.45) is 5.92 Å². The van der Waals surface area contributed by atoms with E-state index in [1.165, 1.54) is 5.57 Å². The van der Waals surface area contributed by atoms with E-state index in [0.29, 0.717) is 24.7 Å². The number of hydrogen-bond donors (Lipinski definition) is 0. The molecule has 0 unspecified atom stereocenters. The summed E-state index contributed by atoms with van der Waals surface area (Å²) in [4.78, 5) is 28.9. The van der Waals surface area contributed by atoms with Gasteiger partial charge in [-0.3, -0.25) is 9.59 Å². The molecule has 5 nitrogen and oxygen atoms in total. The van der Waals surface area contributed by atoms with Crippen LogP contribution in [0.25, 0.3) is 0 Å². The summed E-state index contributed by atoms with van der Waals surface area (Å²) in [6, 6.07) is 7.16. The van der Waals surface area contributed by atoms with Crippen LogP contribution in [-0.2, 0) is 14.3 Å². The third-order valence-electron chi connectivity index (χ3n) is 5.04. The van der Waals surface area contributed by atoms with Crippen LogP contribution in [-0.4, -0.2) is 55.5 Å². The molecule has 2 heterocycles. The molecule has 2 aliphatic heterocycles. The first-order valence-corrected chi connectivity index (χ1v) is 8.86. The SMILES string of the molecule is COCC1=CCN(C(=O)[C@@H]2CC(=O)N(C)[C@H]2c2cccc(Cl)c2)CC1. The van der Waals surface area contributed by atoms with Gasteiger partial charge in [-0.15, -0.1) is 0 Å². The summed E-state index contributed by atoms with van der Waals surface area (Å²) >= 11 is 6.11. The van der Waals surface area contributed by atoms with Crippen LogP contribution in [0.1, 0.15) is 24.4 Å². The first-order valence-electron chi connectivity index (χ1n) is 8.48. The van der Waals surface area contributed by atoms with Crippen LogP contribution in [0.5, 0.6) is 0 Å². The van der Waals surface area contributed by atoms with E-state index in [4.69, 9.17) is 16.3 Å². The van der Waals surface area contributed by atoms with Gasteiger partial charge in [-0.25, -0.2) is 0 Å². The van der Waals surface area contributed by atoms with Gasteiger partial charge < -0.3 is 14.5 Å². The molecule has 0 aliphatic carbocycles. The van der Waals surface area contributed by atoms with Crippen LogP contribution in [0.15, 0.2) is 35.9 Å². The summed E-state index contributed by atoms with van der Waals surface area (Å²) in [5, 5.41) is 0.613. The van der Waals surface area contributed by atoms with Crippen molar-refractivity contribution in [2.75, 3.05) is 33.9 Å². The second kappa shape index (κ2) is 7.58. The standard InChI is InChI=1S/C19H23ClN2O3/c1-21-17(23)11-16(18(21)14-4-3-5-15(20)10-14)19(24)22-8-6-13(7-9-22)12-25-2/h3-6,10,16,18H,7-9,11-12H2,1-2H3/t16-,18+/m1/s1. The highest BCUT2D eigenvalue weighted by Crippen LogP contribution is 2.39. The zero-order valence-electron chi connectivity index (χ0n) is 14.6. The number of hydrogen-bond acceptors (Lipinski definition) is 3. The van der Waals surface area contributed by atoms with Crippen molar-refractivity contribution < 1.29 is 14.3 Å². The zero-order chi connectivity index (χ0) is 18.0. The monoisotopic (exact) mass is 362 g/mol. The van der Waals surface area contributed by atoms with Gasteiger partial charge in [0.05, 0.1) is 18.6 Å². The summed E-state index contributed by atoms with van der Waals surface area (Å²) in [7, 11) is 3.43. The number of benzene rings is 1. The fourth-order valence-corrected chi connectivity index (χ4v) is 3.90. The van der Waals surface area contributed by atoms with Crippen molar-refractivity contribution in [2.45, 2.75) is 18.9 Å². The maximum absolute atomic E-state index is 13.1. The van der Waals surface area contributed by atoms with Crippen LogP contribution in [0, 0.1) is 5.92 Å². The fourth-order valence-electron chi connectivity index (χ4n) is 3.70. The highest BCUT2D eigenvalue weighted by molar-refractivity contribution is 6.30. The molecule has 2 aliphatic rings. The smallest absolute Gasteiger partial charge is 0.228 e. The summed E-state index contributed by atoms with van der Waals surface area (Å²) in [6.45, 7) is 1.86. The van der Waals surface area contributed by atoms with Crippen molar-refractivity contribution >= 4 is 23.4 Å². The lowest BCUT2D eigenvalue weighted by atomic mass is 9.92. The molecule has 134 valence electrons. The van der Waals surface area contributed by atoms with Crippen LogP contribution in [0.4, 0.5) is 0 Å². The third kappa shape index (κ3) is 3.72. The number of halogens is 1. The molecule has 2 amide bonds. The van der Waals surface area contributed by atoms with E-state index in [1.807, 2.05) is 23.1 Å². The molecule has 1 aromatic rings. The molecule has 1 saturated heterocycles. The average molecular weight is 363 g/mol. The number of ether oxygens (including phenoxy) is 1. The molecule has 0 spiro atoms. The molecule has 0 saturated carbocycles. The number of carbonyl (C=O) groups excluding carboxylic acids is 2. The van der Waals surface area contributed by atoms with E-state index in [2.05, 4.69) is 6.08 Å². The van der Waals surface area contributed by atoms with E-state index in [0.717, 1.165) is 12.0 Å². The Kier molecular flexibility index (Phi) is 5.45. The molecule has 25 heavy (non-hydrogen) atoms. The maximum Gasteiger partial charge on any atom is 0.228 e. The maximum atomic E-state index is 13.1. The van der Waals surface area contributed by atoms with Crippen LogP contribution in [0.3, 0.4) is 0 Å². The Labute approximate surface area is 153 Å². The number of amides is 2. The van der Waals surface area contributed by atoms with Gasteiger partial charge in [0.15, 0.2) is 0 Å². The van der Waals surface area contributed by atoms with Crippen LogP contribution >= 0.6 is 11.6 Å². The van der Waals surface area contributed by atoms with E-state index in [-0.39, 0.29) is 30.2 Å². The first-order chi connectivity index (χ1) is 12.0. The van der Waals surface area contributed by atoms with Crippen LogP contribution in [0.2, 0.25) is 5.02 Å². The van der Waals surface area contributed by atoms with Gasteiger partial charge in [-0.1, -0.05) is 29.8 Å². The molecule has 1 aromatic carbocycles. The topological polar surface area (TPSA) is 49.9 Å². The molecular formula is C19H23ClN2O3. The van der Waals surface area contributed by atoms with E-state index in [1.54, 1.807) is 25.1 Å². The predicted octanol–water partition coefficient (Wildman–Crippen LogP) is 2.66. The van der Waals surface area contributed by atoms with Crippen molar-refractivity contribution in [3.63, 3.8) is 0 Å². The lowest BCUT2D eigenvalue weighted by Gasteiger charge is -2.32. The quantitative estimate of drug-likeness (QED) is 0.774. The van der Waals surface area contributed by atoms with Gasteiger partial charge in [0.2, 0.25) is 11.8 Å². The second-order valence-electron chi connectivity index (χ2n) is 6.64. The Morgan fingerprint density at radius 1 is 1.40 bits per heavy atom. The summed E-state index contributed by atoms with van der Waals surface area (Å²) in [6.07, 6.45) is 3.12. The van der Waals surface area contributed by atoms with Gasteiger partial charge in [0, 0.05) is 38.7 Å². The van der Waals surface area contributed by atoms with Crippen molar-refractivity contribution in [1.82, 2.24) is 9.80 Å². The largest absolute Gasteiger partial charge is 0.380 e. The molecule has 0 aromatic heterocycles. The molecule has 3 rings (SSSR count). The number of nitrogens with zero attached hydrogens (tertiary/aromatic N) is 2. The fraction of sp³-hybridized carbons (Fsp3) is 0.474. The molecule has 0 radical (unpaired) electrons. The molecule has 0 N–H and O–H groups in total. The van der Waals surface area contributed by atoms with Gasteiger partial charge in [-0.2, -0.15) is 0 Å². The second-order valence-corrected chi connectivity index (χ2v) is 7.08. The lowest BCUT2D eigenvalue weighted by Crippen LogP contribution is -2.41.